The second kappa shape index (κ2) is 5.84. The standard InChI is InChI=1S/C7H17Cl2IN/c1-4-11(5-2,6-3)7-10(8)9/h4-7H2,1-3H3/q+1. The molecule has 0 aromatic rings. The van der Waals surface area contributed by atoms with Crippen LogP contribution in [0, 0.1) is 0 Å². The summed E-state index contributed by atoms with van der Waals surface area (Å²) in [4.78, 5) is 0. The summed E-state index contributed by atoms with van der Waals surface area (Å²) in [5, 5.41) is 0. The van der Waals surface area contributed by atoms with Gasteiger partial charge in [-0.15, -0.1) is 0 Å². The Balaban J connectivity index is 4.05. The van der Waals surface area contributed by atoms with E-state index in [0.29, 0.717) is 0 Å². The van der Waals surface area contributed by atoms with Crippen molar-refractivity contribution in [3.05, 3.63) is 0 Å². The predicted molar refractivity (Wildman–Crippen MR) is 62.5 cm³/mol. The molecule has 0 fully saturated rings. The summed E-state index contributed by atoms with van der Waals surface area (Å²) in [5.41, 5.74) is 0. The Morgan fingerprint density at radius 2 is 1.36 bits per heavy atom. The summed E-state index contributed by atoms with van der Waals surface area (Å²) in [5.74, 6) is 0. The van der Waals surface area contributed by atoms with Crippen molar-refractivity contribution in [1.82, 2.24) is 0 Å². The predicted octanol–water partition coefficient (Wildman–Crippen LogP) is 3.63. The van der Waals surface area contributed by atoms with Gasteiger partial charge in [0.1, 0.15) is 0 Å². The third-order valence-electron chi connectivity index (χ3n) is 2.36. The molecule has 70 valence electrons. The molecule has 0 atom stereocenters. The van der Waals surface area contributed by atoms with Crippen LogP contribution in [0.2, 0.25) is 0 Å². The van der Waals surface area contributed by atoms with E-state index in [1.807, 2.05) is 0 Å². The summed E-state index contributed by atoms with van der Waals surface area (Å²) in [7, 11) is 11.8. The fourth-order valence-electron chi connectivity index (χ4n) is 1.12. The zero-order valence-electron chi connectivity index (χ0n) is 7.41. The van der Waals surface area contributed by atoms with E-state index in [4.69, 9.17) is 17.8 Å². The molecule has 0 saturated heterocycles. The van der Waals surface area contributed by atoms with Crippen LogP contribution >= 0.6 is 35.4 Å². The Morgan fingerprint density at radius 3 is 1.45 bits per heavy atom. The Labute approximate surface area is 84.4 Å². The summed E-state index contributed by atoms with van der Waals surface area (Å²) >= 11 is -1.59. The van der Waals surface area contributed by atoms with Crippen molar-refractivity contribution in [2.45, 2.75) is 20.8 Å². The second-order valence-corrected chi connectivity index (χ2v) is 10.4. The molecule has 1 nitrogen and oxygen atoms in total. The first-order valence-corrected chi connectivity index (χ1v) is 10.9. The maximum absolute atomic E-state index is 5.90. The van der Waals surface area contributed by atoms with Gasteiger partial charge in [0, 0.05) is 0 Å². The minimum atomic E-state index is -1.59. The molecule has 0 saturated carbocycles. The van der Waals surface area contributed by atoms with Gasteiger partial charge in [0.05, 0.1) is 0 Å². The van der Waals surface area contributed by atoms with Crippen LogP contribution in [-0.2, 0) is 0 Å². The van der Waals surface area contributed by atoms with Crippen molar-refractivity contribution in [1.29, 1.82) is 0 Å². The number of alkyl halides is 1. The van der Waals surface area contributed by atoms with Crippen LogP contribution in [0.3, 0.4) is 0 Å². The molecule has 0 unspecified atom stereocenters. The van der Waals surface area contributed by atoms with Gasteiger partial charge in [0.25, 0.3) is 0 Å². The first-order chi connectivity index (χ1) is 5.10. The van der Waals surface area contributed by atoms with E-state index in [0.717, 1.165) is 28.7 Å². The summed E-state index contributed by atoms with van der Waals surface area (Å²) in [6, 6.07) is 0. The molecule has 0 radical (unpaired) electrons. The van der Waals surface area contributed by atoms with E-state index >= 15 is 0 Å². The first kappa shape index (κ1) is 12.3. The Kier molecular flexibility index (Phi) is 6.51. The number of quaternary nitrogens is 1. The molecule has 0 N–H and O–H groups in total. The van der Waals surface area contributed by atoms with Crippen molar-refractivity contribution in [3.63, 3.8) is 0 Å². The van der Waals surface area contributed by atoms with Gasteiger partial charge >= 0.3 is 84.8 Å². The molecule has 4 heteroatoms. The second-order valence-electron chi connectivity index (χ2n) is 2.67. The van der Waals surface area contributed by atoms with Gasteiger partial charge in [-0.05, 0) is 0 Å². The SMILES string of the molecule is CC[N+](CC)(CC)CI(Cl)Cl. The van der Waals surface area contributed by atoms with Gasteiger partial charge in [-0.25, -0.2) is 0 Å². The molecule has 0 heterocycles. The van der Waals surface area contributed by atoms with E-state index in [2.05, 4.69) is 20.8 Å². The minimum absolute atomic E-state index is 1.02. The molecule has 0 amide bonds. The Hall–Kier alpha value is 1.27. The summed E-state index contributed by atoms with van der Waals surface area (Å²) < 4.78 is 2.12. The van der Waals surface area contributed by atoms with Gasteiger partial charge in [0.2, 0.25) is 0 Å². The van der Waals surface area contributed by atoms with E-state index < -0.39 is 17.6 Å². The third-order valence-corrected chi connectivity index (χ3v) is 5.53. The van der Waals surface area contributed by atoms with Gasteiger partial charge in [-0.3, -0.25) is 0 Å². The van der Waals surface area contributed by atoms with Crippen molar-refractivity contribution >= 4 is 35.4 Å². The molecule has 0 spiro atoms. The normalized spacial score (nSPS) is 13.4. The monoisotopic (exact) mass is 312 g/mol. The average Bonchev–Trinajstić information content (AvgIpc) is 2.00. The first-order valence-electron chi connectivity index (χ1n) is 3.94. The van der Waals surface area contributed by atoms with Gasteiger partial charge in [-0.2, -0.15) is 0 Å². The summed E-state index contributed by atoms with van der Waals surface area (Å²) in [6.07, 6.45) is 0. The fourth-order valence-corrected chi connectivity index (χ4v) is 6.23. The number of hydrogen-bond acceptors (Lipinski definition) is 0. The van der Waals surface area contributed by atoms with Gasteiger partial charge in [-0.1, -0.05) is 0 Å². The molecular weight excluding hydrogens is 296 g/mol. The average molecular weight is 313 g/mol. The van der Waals surface area contributed by atoms with E-state index in [1.165, 1.54) is 0 Å². The van der Waals surface area contributed by atoms with E-state index in [-0.39, 0.29) is 0 Å². The summed E-state index contributed by atoms with van der Waals surface area (Å²) in [6.45, 7) is 10.1. The number of halogens is 3. The molecule has 0 bridgehead atoms. The molecule has 0 aromatic heterocycles. The molecule has 0 aromatic carbocycles. The van der Waals surface area contributed by atoms with Crippen LogP contribution in [0.25, 0.3) is 0 Å². The zero-order chi connectivity index (χ0) is 8.91. The van der Waals surface area contributed by atoms with Crippen LogP contribution in [0.5, 0.6) is 0 Å². The molecule has 0 aliphatic rings. The molecule has 0 rings (SSSR count). The topological polar surface area (TPSA) is 0 Å². The van der Waals surface area contributed by atoms with Crippen molar-refractivity contribution in [2.24, 2.45) is 0 Å². The molecular formula is C7H17Cl2IN+. The Morgan fingerprint density at radius 1 is 1.00 bits per heavy atom. The van der Waals surface area contributed by atoms with Crippen molar-refractivity contribution in [2.75, 3.05) is 24.2 Å². The van der Waals surface area contributed by atoms with Crippen LogP contribution in [0.1, 0.15) is 20.8 Å². The van der Waals surface area contributed by atoms with Gasteiger partial charge < -0.3 is 0 Å². The number of hydrogen-bond donors (Lipinski definition) is 0. The zero-order valence-corrected chi connectivity index (χ0v) is 11.1. The van der Waals surface area contributed by atoms with Crippen LogP contribution in [0.4, 0.5) is 0 Å². The van der Waals surface area contributed by atoms with Gasteiger partial charge in [0.15, 0.2) is 0 Å². The van der Waals surface area contributed by atoms with Crippen LogP contribution in [-0.4, -0.2) is 28.7 Å². The fraction of sp³-hybridized carbons (Fsp3) is 1.00. The van der Waals surface area contributed by atoms with Crippen molar-refractivity contribution < 1.29 is 4.48 Å². The van der Waals surface area contributed by atoms with Crippen molar-refractivity contribution in [3.8, 4) is 0 Å². The van der Waals surface area contributed by atoms with Crippen LogP contribution < -0.4 is 0 Å². The van der Waals surface area contributed by atoms with E-state index in [9.17, 15) is 0 Å². The van der Waals surface area contributed by atoms with E-state index in [1.54, 1.807) is 0 Å². The number of nitrogens with zero attached hydrogens (tertiary/aromatic N) is 1. The molecule has 11 heavy (non-hydrogen) atoms. The van der Waals surface area contributed by atoms with Crippen LogP contribution in [0.15, 0.2) is 0 Å². The number of rotatable bonds is 5. The maximum atomic E-state index is 5.90. The third kappa shape index (κ3) is 4.15. The molecule has 0 aliphatic carbocycles. The quantitative estimate of drug-likeness (QED) is 0.315. The Bertz CT molecular complexity index is 96.3. The molecule has 0 aliphatic heterocycles.